The third-order valence-corrected chi connectivity index (χ3v) is 4.28. The van der Waals surface area contributed by atoms with Gasteiger partial charge in [0, 0.05) is 16.9 Å². The molecule has 0 unspecified atom stereocenters. The van der Waals surface area contributed by atoms with E-state index in [1.807, 2.05) is 32.0 Å². The van der Waals surface area contributed by atoms with Crippen LogP contribution in [-0.2, 0) is 0 Å². The van der Waals surface area contributed by atoms with Crippen LogP contribution in [0.3, 0.4) is 0 Å². The van der Waals surface area contributed by atoms with Crippen LogP contribution in [0.15, 0.2) is 58.3 Å². The number of carbonyl (C=O) groups is 1. The van der Waals surface area contributed by atoms with Crippen LogP contribution in [0.1, 0.15) is 21.5 Å². The molecule has 2 aromatic carbocycles. The molecule has 0 aliphatic rings. The second kappa shape index (κ2) is 7.01. The molecule has 0 radical (unpaired) electrons. The second-order valence-corrected chi connectivity index (χ2v) is 6.28. The number of nitrogens with zero attached hydrogens (tertiary/aromatic N) is 1. The van der Waals surface area contributed by atoms with Crippen LogP contribution < -0.4 is 16.6 Å². The Kier molecular flexibility index (Phi) is 4.77. The number of rotatable bonds is 3. The molecule has 0 saturated carbocycles. The van der Waals surface area contributed by atoms with Crippen LogP contribution in [0.2, 0.25) is 5.02 Å². The number of hydrogen-bond donors (Lipinski definition) is 2. The van der Waals surface area contributed by atoms with Crippen molar-refractivity contribution in [1.82, 2.24) is 9.55 Å². The molecule has 2 N–H and O–H groups in total. The van der Waals surface area contributed by atoms with Gasteiger partial charge in [-0.05, 0) is 49.2 Å². The number of halogens is 1. The molecular weight excluding hydrogens is 354 g/mol. The van der Waals surface area contributed by atoms with Crippen LogP contribution in [0.5, 0.6) is 0 Å². The lowest BCUT2D eigenvalue weighted by molar-refractivity contribution is 0.102. The van der Waals surface area contributed by atoms with Crippen LogP contribution in [-0.4, -0.2) is 15.5 Å². The standard InChI is InChI=1S/C19H16ClN3O3/c1-11-4-3-5-12(2)16(11)22-17(24)15-10-21-19(26)23(18(15)25)14-8-6-13(20)7-9-14/h3-10H,1-2H3,(H,21,26)(H,22,24). The van der Waals surface area contributed by atoms with Gasteiger partial charge in [0.25, 0.3) is 11.5 Å². The summed E-state index contributed by atoms with van der Waals surface area (Å²) in [5, 5.41) is 3.22. The van der Waals surface area contributed by atoms with Crippen molar-refractivity contribution in [2.45, 2.75) is 13.8 Å². The molecule has 26 heavy (non-hydrogen) atoms. The first-order valence-corrected chi connectivity index (χ1v) is 8.24. The largest absolute Gasteiger partial charge is 0.333 e. The number of carbonyl (C=O) groups excluding carboxylic acids is 1. The van der Waals surface area contributed by atoms with E-state index in [0.717, 1.165) is 21.9 Å². The number of aromatic amines is 1. The monoisotopic (exact) mass is 369 g/mol. The number of benzene rings is 2. The van der Waals surface area contributed by atoms with Crippen LogP contribution >= 0.6 is 11.6 Å². The summed E-state index contributed by atoms with van der Waals surface area (Å²) in [7, 11) is 0. The molecule has 3 aromatic rings. The Morgan fingerprint density at radius 3 is 2.27 bits per heavy atom. The quantitative estimate of drug-likeness (QED) is 0.744. The summed E-state index contributed by atoms with van der Waals surface area (Å²) >= 11 is 5.84. The normalized spacial score (nSPS) is 10.6. The predicted octanol–water partition coefficient (Wildman–Crippen LogP) is 3.05. The van der Waals surface area contributed by atoms with Crippen molar-refractivity contribution in [1.29, 1.82) is 0 Å². The Morgan fingerprint density at radius 2 is 1.65 bits per heavy atom. The first kappa shape index (κ1) is 17.7. The van der Waals surface area contributed by atoms with Gasteiger partial charge in [0.2, 0.25) is 0 Å². The third-order valence-electron chi connectivity index (χ3n) is 4.03. The fourth-order valence-corrected chi connectivity index (χ4v) is 2.78. The first-order valence-electron chi connectivity index (χ1n) is 7.86. The van der Waals surface area contributed by atoms with E-state index >= 15 is 0 Å². The van der Waals surface area contributed by atoms with Gasteiger partial charge in [-0.25, -0.2) is 9.36 Å². The average molecular weight is 370 g/mol. The molecule has 0 spiro atoms. The van der Waals surface area contributed by atoms with Crippen LogP contribution in [0.25, 0.3) is 5.69 Å². The maximum atomic E-state index is 12.7. The molecule has 1 heterocycles. The summed E-state index contributed by atoms with van der Waals surface area (Å²) in [5.74, 6) is -0.591. The summed E-state index contributed by atoms with van der Waals surface area (Å²) in [6.45, 7) is 3.73. The lowest BCUT2D eigenvalue weighted by Crippen LogP contribution is -2.38. The molecule has 0 aliphatic carbocycles. The van der Waals surface area contributed by atoms with E-state index in [2.05, 4.69) is 10.3 Å². The minimum atomic E-state index is -0.709. The first-order chi connectivity index (χ1) is 12.4. The highest BCUT2D eigenvalue weighted by Crippen LogP contribution is 2.19. The van der Waals surface area contributed by atoms with E-state index < -0.39 is 17.2 Å². The highest BCUT2D eigenvalue weighted by Gasteiger charge is 2.17. The van der Waals surface area contributed by atoms with Crippen LogP contribution in [0.4, 0.5) is 5.69 Å². The summed E-state index contributed by atoms with van der Waals surface area (Å²) in [6, 6.07) is 11.8. The molecule has 0 bridgehead atoms. The minimum Gasteiger partial charge on any atom is -0.321 e. The molecule has 0 fully saturated rings. The van der Waals surface area contributed by atoms with Gasteiger partial charge in [-0.1, -0.05) is 29.8 Å². The molecule has 0 saturated heterocycles. The van der Waals surface area contributed by atoms with Crippen molar-refractivity contribution in [3.05, 3.63) is 91.2 Å². The molecule has 6 nitrogen and oxygen atoms in total. The van der Waals surface area contributed by atoms with E-state index in [-0.39, 0.29) is 5.56 Å². The van der Waals surface area contributed by atoms with Crippen molar-refractivity contribution in [2.75, 3.05) is 5.32 Å². The highest BCUT2D eigenvalue weighted by atomic mass is 35.5. The Bertz CT molecular complexity index is 1080. The Morgan fingerprint density at radius 1 is 1.04 bits per heavy atom. The zero-order valence-corrected chi connectivity index (χ0v) is 14.9. The third kappa shape index (κ3) is 3.32. The number of para-hydroxylation sites is 1. The topological polar surface area (TPSA) is 84.0 Å². The summed E-state index contributed by atoms with van der Waals surface area (Å²) in [5.41, 5.74) is 1.20. The number of aromatic nitrogens is 2. The van der Waals surface area contributed by atoms with E-state index in [9.17, 15) is 14.4 Å². The minimum absolute atomic E-state index is 0.165. The van der Waals surface area contributed by atoms with Gasteiger partial charge < -0.3 is 10.3 Å². The second-order valence-electron chi connectivity index (χ2n) is 5.85. The van der Waals surface area contributed by atoms with Gasteiger partial charge in [-0.15, -0.1) is 0 Å². The number of nitrogens with one attached hydrogen (secondary N) is 2. The van der Waals surface area contributed by atoms with E-state index in [1.165, 1.54) is 12.1 Å². The lowest BCUT2D eigenvalue weighted by atomic mass is 10.1. The smallest absolute Gasteiger partial charge is 0.321 e. The fourth-order valence-electron chi connectivity index (χ4n) is 2.65. The summed E-state index contributed by atoms with van der Waals surface area (Å²) in [6.07, 6.45) is 1.13. The molecule has 132 valence electrons. The maximum absolute atomic E-state index is 12.7. The van der Waals surface area contributed by atoms with Gasteiger partial charge >= 0.3 is 5.69 Å². The number of amides is 1. The molecule has 1 amide bonds. The molecular formula is C19H16ClN3O3. The van der Waals surface area contributed by atoms with Crippen molar-refractivity contribution in [3.63, 3.8) is 0 Å². The van der Waals surface area contributed by atoms with Gasteiger partial charge in [0.1, 0.15) is 5.56 Å². The number of hydrogen-bond acceptors (Lipinski definition) is 3. The van der Waals surface area contributed by atoms with Gasteiger partial charge in [-0.2, -0.15) is 0 Å². The Labute approximate surface area is 154 Å². The molecule has 1 aromatic heterocycles. The number of anilines is 1. The predicted molar refractivity (Wildman–Crippen MR) is 102 cm³/mol. The SMILES string of the molecule is Cc1cccc(C)c1NC(=O)c1c[nH]c(=O)n(-c2ccc(Cl)cc2)c1=O. The van der Waals surface area contributed by atoms with E-state index in [0.29, 0.717) is 16.4 Å². The van der Waals surface area contributed by atoms with E-state index in [4.69, 9.17) is 11.6 Å². The van der Waals surface area contributed by atoms with Gasteiger partial charge in [-0.3, -0.25) is 9.59 Å². The molecule has 0 aliphatic heterocycles. The molecule has 7 heteroatoms. The number of aryl methyl sites for hydroxylation is 2. The van der Waals surface area contributed by atoms with Crippen molar-refractivity contribution in [2.24, 2.45) is 0 Å². The van der Waals surface area contributed by atoms with Crippen LogP contribution in [0, 0.1) is 13.8 Å². The Hall–Kier alpha value is -3.12. The van der Waals surface area contributed by atoms with Gasteiger partial charge in [0.15, 0.2) is 0 Å². The number of H-pyrrole nitrogens is 1. The molecule has 3 rings (SSSR count). The lowest BCUT2D eigenvalue weighted by Gasteiger charge is -2.12. The van der Waals surface area contributed by atoms with Crippen molar-refractivity contribution >= 4 is 23.2 Å². The highest BCUT2D eigenvalue weighted by molar-refractivity contribution is 6.30. The summed E-state index contributed by atoms with van der Waals surface area (Å²) < 4.78 is 0.899. The maximum Gasteiger partial charge on any atom is 0.333 e. The van der Waals surface area contributed by atoms with Gasteiger partial charge in [0.05, 0.1) is 5.69 Å². The van der Waals surface area contributed by atoms with Crippen molar-refractivity contribution in [3.8, 4) is 5.69 Å². The zero-order chi connectivity index (χ0) is 18.8. The van der Waals surface area contributed by atoms with Crippen molar-refractivity contribution < 1.29 is 4.79 Å². The zero-order valence-electron chi connectivity index (χ0n) is 14.2. The average Bonchev–Trinajstić information content (AvgIpc) is 2.60. The van der Waals surface area contributed by atoms with E-state index in [1.54, 1.807) is 12.1 Å². The summed E-state index contributed by atoms with van der Waals surface area (Å²) in [4.78, 5) is 39.9. The fraction of sp³-hybridized carbons (Fsp3) is 0.105. The molecule has 0 atom stereocenters. The Balaban J connectivity index is 2.05.